The fraction of sp³-hybridized carbons (Fsp3) is 0.125. The fourth-order valence-corrected chi connectivity index (χ4v) is 3.05. The van der Waals surface area contributed by atoms with Gasteiger partial charge in [0.05, 0.1) is 16.1 Å². The Bertz CT molecular complexity index is 835. The highest BCUT2D eigenvalue weighted by atomic mass is 32.2. The standard InChI is InChI=1S/C16H17N3O4S/c17-16(21)13-8-4-5-9-14(13)19-15(20)10-11-18-24(22,23)12-6-2-1-3-7-12/h1-9,18H,10-11H2,(H2,17,21)(H,19,20). The van der Waals surface area contributed by atoms with Crippen LogP contribution < -0.4 is 15.8 Å². The van der Waals surface area contributed by atoms with Crippen LogP contribution in [0.15, 0.2) is 59.5 Å². The second kappa shape index (κ2) is 7.71. The number of anilines is 1. The van der Waals surface area contributed by atoms with E-state index in [-0.39, 0.29) is 23.4 Å². The van der Waals surface area contributed by atoms with Crippen LogP contribution in [-0.2, 0) is 14.8 Å². The Kier molecular flexibility index (Phi) is 5.67. The third-order valence-electron chi connectivity index (χ3n) is 3.16. The molecule has 0 fully saturated rings. The van der Waals surface area contributed by atoms with E-state index in [0.29, 0.717) is 5.69 Å². The largest absolute Gasteiger partial charge is 0.366 e. The highest BCUT2D eigenvalue weighted by Gasteiger charge is 2.14. The lowest BCUT2D eigenvalue weighted by molar-refractivity contribution is -0.116. The lowest BCUT2D eigenvalue weighted by atomic mass is 10.1. The van der Waals surface area contributed by atoms with Crippen molar-refractivity contribution in [2.45, 2.75) is 11.3 Å². The van der Waals surface area contributed by atoms with Gasteiger partial charge in [0.2, 0.25) is 15.9 Å². The molecule has 8 heteroatoms. The van der Waals surface area contributed by atoms with Gasteiger partial charge in [-0.1, -0.05) is 30.3 Å². The van der Waals surface area contributed by atoms with Crippen LogP contribution in [0.3, 0.4) is 0 Å². The number of amides is 2. The van der Waals surface area contributed by atoms with E-state index >= 15 is 0 Å². The van der Waals surface area contributed by atoms with Gasteiger partial charge in [-0.15, -0.1) is 0 Å². The van der Waals surface area contributed by atoms with Crippen LogP contribution in [0.5, 0.6) is 0 Å². The zero-order chi connectivity index (χ0) is 17.6. The van der Waals surface area contributed by atoms with E-state index in [1.807, 2.05) is 0 Å². The molecule has 0 aliphatic rings. The van der Waals surface area contributed by atoms with Crippen molar-refractivity contribution < 1.29 is 18.0 Å². The topological polar surface area (TPSA) is 118 Å². The van der Waals surface area contributed by atoms with Crippen LogP contribution in [0.2, 0.25) is 0 Å². The molecule has 7 nitrogen and oxygen atoms in total. The number of sulfonamides is 1. The number of benzene rings is 2. The van der Waals surface area contributed by atoms with Gasteiger partial charge < -0.3 is 11.1 Å². The molecule has 0 saturated carbocycles. The predicted molar refractivity (Wildman–Crippen MR) is 89.8 cm³/mol. The first-order chi connectivity index (χ1) is 11.4. The van der Waals surface area contributed by atoms with Gasteiger partial charge in [0.15, 0.2) is 0 Å². The van der Waals surface area contributed by atoms with Crippen LogP contribution in [0.25, 0.3) is 0 Å². The SMILES string of the molecule is NC(=O)c1ccccc1NC(=O)CCNS(=O)(=O)c1ccccc1. The molecule has 0 radical (unpaired) electrons. The molecular formula is C16H17N3O4S. The summed E-state index contributed by atoms with van der Waals surface area (Å²) in [6.07, 6.45) is -0.0842. The molecule has 2 aromatic rings. The van der Waals surface area contributed by atoms with Crippen LogP contribution in [0, 0.1) is 0 Å². The number of rotatable bonds is 7. The monoisotopic (exact) mass is 347 g/mol. The number of nitrogens with two attached hydrogens (primary N) is 1. The molecular weight excluding hydrogens is 330 g/mol. The maximum absolute atomic E-state index is 12.0. The first-order valence-corrected chi connectivity index (χ1v) is 8.62. The quantitative estimate of drug-likeness (QED) is 0.695. The zero-order valence-electron chi connectivity index (χ0n) is 12.7. The van der Waals surface area contributed by atoms with Crippen molar-refractivity contribution in [1.82, 2.24) is 4.72 Å². The lowest BCUT2D eigenvalue weighted by Crippen LogP contribution is -2.28. The molecule has 2 rings (SSSR count). The number of nitrogens with one attached hydrogen (secondary N) is 2. The van der Waals surface area contributed by atoms with Gasteiger partial charge >= 0.3 is 0 Å². The van der Waals surface area contributed by atoms with Crippen molar-refractivity contribution in [2.24, 2.45) is 5.73 Å². The summed E-state index contributed by atoms with van der Waals surface area (Å²) in [5.41, 5.74) is 5.71. The van der Waals surface area contributed by atoms with E-state index in [1.54, 1.807) is 36.4 Å². The van der Waals surface area contributed by atoms with E-state index in [2.05, 4.69) is 10.0 Å². The van der Waals surface area contributed by atoms with Crippen LogP contribution in [-0.4, -0.2) is 26.8 Å². The van der Waals surface area contributed by atoms with Gasteiger partial charge in [-0.3, -0.25) is 9.59 Å². The van der Waals surface area contributed by atoms with Crippen molar-refractivity contribution >= 4 is 27.5 Å². The Morgan fingerprint density at radius 1 is 0.958 bits per heavy atom. The molecule has 0 heterocycles. The molecule has 0 unspecified atom stereocenters. The summed E-state index contributed by atoms with van der Waals surface area (Å²) >= 11 is 0. The molecule has 0 saturated heterocycles. The summed E-state index contributed by atoms with van der Waals surface area (Å²) < 4.78 is 26.4. The van der Waals surface area contributed by atoms with Gasteiger partial charge in [-0.05, 0) is 24.3 Å². The fourth-order valence-electron chi connectivity index (χ4n) is 2.00. The van der Waals surface area contributed by atoms with Gasteiger partial charge in [0.25, 0.3) is 5.91 Å². The van der Waals surface area contributed by atoms with Crippen molar-refractivity contribution in [2.75, 3.05) is 11.9 Å². The Hall–Kier alpha value is -2.71. The number of carbonyl (C=O) groups is 2. The van der Waals surface area contributed by atoms with Gasteiger partial charge in [0.1, 0.15) is 0 Å². The molecule has 0 aliphatic heterocycles. The Morgan fingerprint density at radius 3 is 2.25 bits per heavy atom. The molecule has 0 atom stereocenters. The van der Waals surface area contributed by atoms with Crippen LogP contribution in [0.4, 0.5) is 5.69 Å². The summed E-state index contributed by atoms with van der Waals surface area (Å²) in [5.74, 6) is -1.09. The van der Waals surface area contributed by atoms with Gasteiger partial charge in [0, 0.05) is 13.0 Å². The van der Waals surface area contributed by atoms with Crippen LogP contribution in [0.1, 0.15) is 16.8 Å². The predicted octanol–water partition coefficient (Wildman–Crippen LogP) is 1.09. The smallest absolute Gasteiger partial charge is 0.250 e. The summed E-state index contributed by atoms with van der Waals surface area (Å²) in [5, 5.41) is 2.54. The summed E-state index contributed by atoms with van der Waals surface area (Å²) in [4.78, 5) is 23.3. The number of hydrogen-bond acceptors (Lipinski definition) is 4. The summed E-state index contributed by atoms with van der Waals surface area (Å²) in [6.45, 7) is -0.0677. The Balaban J connectivity index is 1.92. The van der Waals surface area contributed by atoms with Crippen molar-refractivity contribution in [1.29, 1.82) is 0 Å². The minimum atomic E-state index is -3.65. The number of para-hydroxylation sites is 1. The molecule has 0 aliphatic carbocycles. The van der Waals surface area contributed by atoms with E-state index in [4.69, 9.17) is 5.73 Å². The second-order valence-corrected chi connectivity index (χ2v) is 6.69. The first kappa shape index (κ1) is 17.6. The average molecular weight is 347 g/mol. The molecule has 2 aromatic carbocycles. The maximum Gasteiger partial charge on any atom is 0.250 e. The molecule has 0 spiro atoms. The minimum absolute atomic E-state index is 0.0677. The lowest BCUT2D eigenvalue weighted by Gasteiger charge is -2.09. The molecule has 0 bridgehead atoms. The van der Waals surface area contributed by atoms with Crippen molar-refractivity contribution in [3.05, 3.63) is 60.2 Å². The van der Waals surface area contributed by atoms with Gasteiger partial charge in [-0.2, -0.15) is 0 Å². The zero-order valence-corrected chi connectivity index (χ0v) is 13.5. The highest BCUT2D eigenvalue weighted by Crippen LogP contribution is 2.14. The minimum Gasteiger partial charge on any atom is -0.366 e. The molecule has 2 amide bonds. The van der Waals surface area contributed by atoms with Gasteiger partial charge in [-0.25, -0.2) is 13.1 Å². The third-order valence-corrected chi connectivity index (χ3v) is 4.64. The number of hydrogen-bond donors (Lipinski definition) is 3. The van der Waals surface area contributed by atoms with Crippen LogP contribution >= 0.6 is 0 Å². The Morgan fingerprint density at radius 2 is 1.58 bits per heavy atom. The van der Waals surface area contributed by atoms with E-state index < -0.39 is 21.8 Å². The van der Waals surface area contributed by atoms with Crippen molar-refractivity contribution in [3.63, 3.8) is 0 Å². The maximum atomic E-state index is 12.0. The first-order valence-electron chi connectivity index (χ1n) is 7.13. The third kappa shape index (κ3) is 4.64. The summed E-state index contributed by atoms with van der Waals surface area (Å²) in [7, 11) is -3.65. The molecule has 24 heavy (non-hydrogen) atoms. The average Bonchev–Trinajstić information content (AvgIpc) is 2.56. The Labute approximate surface area is 139 Å². The van der Waals surface area contributed by atoms with E-state index in [0.717, 1.165) is 0 Å². The van der Waals surface area contributed by atoms with Crippen molar-refractivity contribution in [3.8, 4) is 0 Å². The second-order valence-electron chi connectivity index (χ2n) is 4.92. The summed E-state index contributed by atoms with van der Waals surface area (Å²) in [6, 6.07) is 14.2. The van der Waals surface area contributed by atoms with E-state index in [1.165, 1.54) is 18.2 Å². The number of primary amides is 1. The normalized spacial score (nSPS) is 11.0. The number of carbonyl (C=O) groups excluding carboxylic acids is 2. The molecule has 0 aromatic heterocycles. The molecule has 126 valence electrons. The van der Waals surface area contributed by atoms with E-state index in [9.17, 15) is 18.0 Å². The highest BCUT2D eigenvalue weighted by molar-refractivity contribution is 7.89. The molecule has 4 N–H and O–H groups in total.